The molecule has 1 N–H and O–H groups in total. The maximum atomic E-state index is 9.94. The Morgan fingerprint density at radius 1 is 1.10 bits per heavy atom. The highest BCUT2D eigenvalue weighted by Gasteiger charge is 2.15. The first-order chi connectivity index (χ1) is 9.65. The topological polar surface area (TPSA) is 38.7 Å². The maximum absolute atomic E-state index is 9.94. The molecule has 106 valence electrons. The minimum atomic E-state index is -0.657. The zero-order chi connectivity index (χ0) is 14.5. The molecule has 2 aromatic rings. The minimum absolute atomic E-state index is 0.618. The van der Waals surface area contributed by atoms with Gasteiger partial charge in [-0.05, 0) is 43.2 Å². The van der Waals surface area contributed by atoms with Crippen molar-refractivity contribution in [2.45, 2.75) is 26.4 Å². The summed E-state index contributed by atoms with van der Waals surface area (Å²) in [5.74, 6) is 2.01. The summed E-state index contributed by atoms with van der Waals surface area (Å²) in [5, 5.41) is 9.94. The molecule has 20 heavy (non-hydrogen) atoms. The van der Waals surface area contributed by atoms with E-state index in [9.17, 15) is 5.11 Å². The van der Waals surface area contributed by atoms with E-state index in [4.69, 9.17) is 9.47 Å². The van der Waals surface area contributed by atoms with E-state index >= 15 is 0 Å². The van der Waals surface area contributed by atoms with Gasteiger partial charge in [0.25, 0.3) is 0 Å². The van der Waals surface area contributed by atoms with Crippen molar-refractivity contribution in [3.8, 4) is 17.2 Å². The quantitative estimate of drug-likeness (QED) is 0.890. The maximum Gasteiger partial charge on any atom is 0.136 e. The lowest BCUT2D eigenvalue weighted by Crippen LogP contribution is -2.00. The molecule has 0 amide bonds. The molecule has 3 heteroatoms. The summed E-state index contributed by atoms with van der Waals surface area (Å²) >= 11 is 0. The Bertz CT molecular complexity index is 576. The van der Waals surface area contributed by atoms with Crippen LogP contribution < -0.4 is 9.47 Å². The van der Waals surface area contributed by atoms with Crippen molar-refractivity contribution >= 4 is 0 Å². The summed E-state index contributed by atoms with van der Waals surface area (Å²) < 4.78 is 11.2. The molecule has 0 bridgehead atoms. The van der Waals surface area contributed by atoms with Gasteiger partial charge in [-0.2, -0.15) is 0 Å². The zero-order valence-corrected chi connectivity index (χ0v) is 12.1. The number of aryl methyl sites for hydroxylation is 1. The molecule has 0 aliphatic carbocycles. The Morgan fingerprint density at radius 3 is 2.45 bits per heavy atom. The van der Waals surface area contributed by atoms with Crippen molar-refractivity contribution < 1.29 is 14.6 Å². The largest absolute Gasteiger partial charge is 0.496 e. The molecule has 0 fully saturated rings. The minimum Gasteiger partial charge on any atom is -0.496 e. The lowest BCUT2D eigenvalue weighted by molar-refractivity contribution is 0.190. The molecule has 1 atom stereocenters. The third-order valence-corrected chi connectivity index (χ3v) is 3.20. The third-order valence-electron chi connectivity index (χ3n) is 3.20. The Labute approximate surface area is 119 Å². The first kappa shape index (κ1) is 14.4. The van der Waals surface area contributed by atoms with Crippen LogP contribution in [0.15, 0.2) is 42.5 Å². The average molecular weight is 272 g/mol. The van der Waals surface area contributed by atoms with E-state index in [1.54, 1.807) is 14.0 Å². The van der Waals surface area contributed by atoms with Gasteiger partial charge in [0.2, 0.25) is 0 Å². The molecular weight excluding hydrogens is 252 g/mol. The fourth-order valence-corrected chi connectivity index (χ4v) is 2.16. The van der Waals surface area contributed by atoms with Crippen molar-refractivity contribution in [3.63, 3.8) is 0 Å². The van der Waals surface area contributed by atoms with E-state index in [0.717, 1.165) is 12.2 Å². The fraction of sp³-hybridized carbons (Fsp3) is 0.294. The first-order valence-corrected chi connectivity index (χ1v) is 6.77. The van der Waals surface area contributed by atoms with Crippen molar-refractivity contribution in [1.29, 1.82) is 0 Å². The summed E-state index contributed by atoms with van der Waals surface area (Å²) in [6.07, 6.45) is 0.300. The normalized spacial score (nSPS) is 12.0. The number of rotatable bonds is 5. The lowest BCUT2D eigenvalue weighted by Gasteiger charge is -2.16. The van der Waals surface area contributed by atoms with Gasteiger partial charge in [0.05, 0.1) is 18.8 Å². The summed E-state index contributed by atoms with van der Waals surface area (Å²) in [6, 6.07) is 13.4. The molecule has 0 radical (unpaired) electrons. The smallest absolute Gasteiger partial charge is 0.136 e. The van der Waals surface area contributed by atoms with Gasteiger partial charge >= 0.3 is 0 Å². The van der Waals surface area contributed by atoms with Gasteiger partial charge < -0.3 is 14.6 Å². The molecule has 0 heterocycles. The van der Waals surface area contributed by atoms with Gasteiger partial charge in [0.1, 0.15) is 17.2 Å². The van der Waals surface area contributed by atoms with E-state index < -0.39 is 6.10 Å². The van der Waals surface area contributed by atoms with Crippen LogP contribution in [0.2, 0.25) is 0 Å². The molecular formula is C17H20O3. The molecule has 0 aromatic heterocycles. The Balaban J connectivity index is 2.37. The third kappa shape index (κ3) is 3.11. The van der Waals surface area contributed by atoms with Crippen molar-refractivity contribution in [1.82, 2.24) is 0 Å². The molecule has 0 aliphatic heterocycles. The highest BCUT2D eigenvalue weighted by atomic mass is 16.5. The molecule has 2 rings (SSSR count). The van der Waals surface area contributed by atoms with Gasteiger partial charge in [-0.15, -0.1) is 0 Å². The van der Waals surface area contributed by atoms with Crippen LogP contribution in [0.3, 0.4) is 0 Å². The van der Waals surface area contributed by atoms with Gasteiger partial charge in [-0.1, -0.05) is 25.1 Å². The van der Waals surface area contributed by atoms with Crippen molar-refractivity contribution in [2.75, 3.05) is 7.11 Å². The first-order valence-electron chi connectivity index (χ1n) is 6.77. The Hall–Kier alpha value is -2.00. The second kappa shape index (κ2) is 6.44. The summed E-state index contributed by atoms with van der Waals surface area (Å²) in [7, 11) is 1.59. The van der Waals surface area contributed by atoms with E-state index in [2.05, 4.69) is 13.0 Å². The Morgan fingerprint density at radius 2 is 1.80 bits per heavy atom. The lowest BCUT2D eigenvalue weighted by atomic mass is 10.1. The van der Waals surface area contributed by atoms with Crippen LogP contribution >= 0.6 is 0 Å². The zero-order valence-electron chi connectivity index (χ0n) is 12.1. The van der Waals surface area contributed by atoms with Crippen LogP contribution in [-0.4, -0.2) is 12.2 Å². The van der Waals surface area contributed by atoms with E-state index in [-0.39, 0.29) is 0 Å². The number of methoxy groups -OCH3 is 1. The number of hydrogen-bond donors (Lipinski definition) is 1. The summed E-state index contributed by atoms with van der Waals surface area (Å²) in [4.78, 5) is 0. The average Bonchev–Trinajstić information content (AvgIpc) is 2.46. The SMILES string of the molecule is CCc1cccc(Oc2cccc(OC)c2C(C)O)c1. The van der Waals surface area contributed by atoms with Crippen LogP contribution in [0.1, 0.15) is 31.1 Å². The van der Waals surface area contributed by atoms with Crippen LogP contribution in [-0.2, 0) is 6.42 Å². The van der Waals surface area contributed by atoms with Gasteiger partial charge in [0.15, 0.2) is 0 Å². The van der Waals surface area contributed by atoms with Crippen LogP contribution in [0.4, 0.5) is 0 Å². The predicted molar refractivity (Wildman–Crippen MR) is 79.5 cm³/mol. The number of aliphatic hydroxyl groups is 1. The monoisotopic (exact) mass is 272 g/mol. The van der Waals surface area contributed by atoms with Crippen LogP contribution in [0.5, 0.6) is 17.2 Å². The molecule has 0 spiro atoms. The fourth-order valence-electron chi connectivity index (χ4n) is 2.16. The number of hydrogen-bond acceptors (Lipinski definition) is 3. The second-order valence-electron chi connectivity index (χ2n) is 4.65. The number of aliphatic hydroxyl groups excluding tert-OH is 1. The molecule has 0 saturated carbocycles. The van der Waals surface area contributed by atoms with E-state index in [0.29, 0.717) is 17.1 Å². The molecule has 1 unspecified atom stereocenters. The van der Waals surface area contributed by atoms with Crippen LogP contribution in [0.25, 0.3) is 0 Å². The second-order valence-corrected chi connectivity index (χ2v) is 4.65. The van der Waals surface area contributed by atoms with Crippen molar-refractivity contribution in [3.05, 3.63) is 53.6 Å². The van der Waals surface area contributed by atoms with Gasteiger partial charge in [-0.3, -0.25) is 0 Å². The summed E-state index contributed by atoms with van der Waals surface area (Å²) in [5.41, 5.74) is 1.88. The Kier molecular flexibility index (Phi) is 4.64. The molecule has 2 aromatic carbocycles. The molecule has 0 saturated heterocycles. The molecule has 0 aliphatic rings. The van der Waals surface area contributed by atoms with Gasteiger partial charge in [-0.25, -0.2) is 0 Å². The highest BCUT2D eigenvalue weighted by molar-refractivity contribution is 5.48. The summed E-state index contributed by atoms with van der Waals surface area (Å²) in [6.45, 7) is 3.80. The van der Waals surface area contributed by atoms with E-state index in [1.807, 2.05) is 36.4 Å². The van der Waals surface area contributed by atoms with Gasteiger partial charge in [0, 0.05) is 0 Å². The molecule has 3 nitrogen and oxygen atoms in total. The highest BCUT2D eigenvalue weighted by Crippen LogP contribution is 2.36. The number of ether oxygens (including phenoxy) is 2. The number of benzene rings is 2. The predicted octanol–water partition coefficient (Wildman–Crippen LogP) is 4.10. The van der Waals surface area contributed by atoms with Crippen molar-refractivity contribution in [2.24, 2.45) is 0 Å². The van der Waals surface area contributed by atoms with Crippen LogP contribution in [0, 0.1) is 0 Å². The van der Waals surface area contributed by atoms with E-state index in [1.165, 1.54) is 5.56 Å². The standard InChI is InChI=1S/C17H20O3/c1-4-13-7-5-8-14(11-13)20-16-10-6-9-15(19-3)17(16)12(2)18/h5-12,18H,4H2,1-3H3.